The Morgan fingerprint density at radius 3 is 2.78 bits per heavy atom. The highest BCUT2D eigenvalue weighted by molar-refractivity contribution is 7.18. The van der Waals surface area contributed by atoms with E-state index in [9.17, 15) is 0 Å². The van der Waals surface area contributed by atoms with E-state index >= 15 is 0 Å². The Morgan fingerprint density at radius 1 is 1.28 bits per heavy atom. The molecule has 0 spiro atoms. The molecule has 2 nitrogen and oxygen atoms in total. The maximum Gasteiger partial charge on any atom is 0.0970 e. The molecule has 2 aromatic rings. The van der Waals surface area contributed by atoms with Gasteiger partial charge in [0.2, 0.25) is 0 Å². The number of hydrogen-bond acceptors (Lipinski definition) is 3. The quantitative estimate of drug-likeness (QED) is 0.886. The first-order valence-corrected chi connectivity index (χ1v) is 7.67. The van der Waals surface area contributed by atoms with Crippen molar-refractivity contribution < 1.29 is 0 Å². The summed E-state index contributed by atoms with van der Waals surface area (Å²) >= 11 is 1.90. The van der Waals surface area contributed by atoms with Crippen molar-refractivity contribution in [2.75, 3.05) is 13.1 Å². The van der Waals surface area contributed by atoms with Crippen LogP contribution in [0, 0.1) is 0 Å². The molecule has 1 aromatic carbocycles. The zero-order chi connectivity index (χ0) is 12.5. The second kappa shape index (κ2) is 4.98. The number of rotatable bonds is 2. The number of piperidine rings is 1. The van der Waals surface area contributed by atoms with Crippen LogP contribution in [0.1, 0.15) is 49.1 Å². The summed E-state index contributed by atoms with van der Waals surface area (Å²) in [6, 6.07) is 6.60. The Balaban J connectivity index is 2.02. The van der Waals surface area contributed by atoms with E-state index in [2.05, 4.69) is 37.4 Å². The summed E-state index contributed by atoms with van der Waals surface area (Å²) in [5.74, 6) is 1.22. The minimum absolute atomic E-state index is 0.552. The van der Waals surface area contributed by atoms with Crippen molar-refractivity contribution in [3.63, 3.8) is 0 Å². The summed E-state index contributed by atoms with van der Waals surface area (Å²) < 4.78 is 1.36. The molecule has 0 atom stereocenters. The van der Waals surface area contributed by atoms with E-state index in [1.807, 2.05) is 11.3 Å². The van der Waals surface area contributed by atoms with Crippen molar-refractivity contribution >= 4 is 21.6 Å². The van der Waals surface area contributed by atoms with E-state index in [4.69, 9.17) is 4.98 Å². The normalized spacial score (nSPS) is 17.7. The van der Waals surface area contributed by atoms with Crippen LogP contribution in [0.15, 0.2) is 18.2 Å². The molecule has 0 bridgehead atoms. The summed E-state index contributed by atoms with van der Waals surface area (Å²) in [4.78, 5) is 4.95. The van der Waals surface area contributed by atoms with Gasteiger partial charge < -0.3 is 5.32 Å². The average Bonchev–Trinajstić information content (AvgIpc) is 2.83. The summed E-state index contributed by atoms with van der Waals surface area (Å²) in [7, 11) is 0. The minimum Gasteiger partial charge on any atom is -0.317 e. The van der Waals surface area contributed by atoms with Crippen molar-refractivity contribution in [3.05, 3.63) is 28.8 Å². The molecule has 0 unspecified atom stereocenters. The Kier molecular flexibility index (Phi) is 3.35. The van der Waals surface area contributed by atoms with Gasteiger partial charge in [-0.3, -0.25) is 0 Å². The van der Waals surface area contributed by atoms with Crippen molar-refractivity contribution in [1.29, 1.82) is 0 Å². The molecule has 1 fully saturated rings. The van der Waals surface area contributed by atoms with Gasteiger partial charge in [0.05, 0.1) is 15.2 Å². The van der Waals surface area contributed by atoms with Gasteiger partial charge >= 0.3 is 0 Å². The van der Waals surface area contributed by atoms with Crippen molar-refractivity contribution in [3.8, 4) is 0 Å². The highest BCUT2D eigenvalue weighted by Crippen LogP contribution is 2.35. The van der Waals surface area contributed by atoms with Crippen LogP contribution in [-0.4, -0.2) is 18.1 Å². The Bertz CT molecular complexity index is 538. The first kappa shape index (κ1) is 12.1. The van der Waals surface area contributed by atoms with E-state index in [1.165, 1.54) is 33.6 Å². The van der Waals surface area contributed by atoms with Crippen molar-refractivity contribution in [2.45, 2.75) is 38.5 Å². The molecule has 2 heterocycles. The third kappa shape index (κ3) is 2.17. The molecule has 3 rings (SSSR count). The molecule has 18 heavy (non-hydrogen) atoms. The lowest BCUT2D eigenvalue weighted by Crippen LogP contribution is -2.26. The molecule has 96 valence electrons. The first-order chi connectivity index (χ1) is 8.75. The average molecular weight is 260 g/mol. The smallest absolute Gasteiger partial charge is 0.0970 e. The molecule has 0 saturated carbocycles. The molecule has 1 N–H and O–H groups in total. The number of thiazole rings is 1. The monoisotopic (exact) mass is 260 g/mol. The molecule has 3 heteroatoms. The maximum atomic E-state index is 4.95. The summed E-state index contributed by atoms with van der Waals surface area (Å²) in [5, 5.41) is 4.77. The zero-order valence-corrected chi connectivity index (χ0v) is 11.9. The van der Waals surface area contributed by atoms with Gasteiger partial charge in [-0.2, -0.15) is 0 Å². The molecular formula is C15H20N2S. The largest absolute Gasteiger partial charge is 0.317 e. The second-order valence-corrected chi connectivity index (χ2v) is 6.49. The van der Waals surface area contributed by atoms with E-state index in [0.29, 0.717) is 11.8 Å². The van der Waals surface area contributed by atoms with Gasteiger partial charge in [-0.05, 0) is 43.5 Å². The molecule has 1 aliphatic heterocycles. The van der Waals surface area contributed by atoms with Crippen LogP contribution < -0.4 is 5.32 Å². The number of nitrogens with one attached hydrogen (secondary N) is 1. The Hall–Kier alpha value is -0.930. The van der Waals surface area contributed by atoms with Crippen molar-refractivity contribution in [2.24, 2.45) is 0 Å². The third-order valence-corrected chi connectivity index (χ3v) is 4.96. The number of nitrogens with zero attached hydrogens (tertiary/aromatic N) is 1. The van der Waals surface area contributed by atoms with Crippen LogP contribution in [0.2, 0.25) is 0 Å². The Labute approximate surface area is 112 Å². The number of fused-ring (bicyclic) bond motifs is 1. The van der Waals surface area contributed by atoms with Crippen molar-refractivity contribution in [1.82, 2.24) is 10.3 Å². The lowest BCUT2D eigenvalue weighted by atomic mass is 9.99. The second-order valence-electron chi connectivity index (χ2n) is 5.43. The van der Waals surface area contributed by atoms with E-state index in [0.717, 1.165) is 13.1 Å². The predicted octanol–water partition coefficient (Wildman–Crippen LogP) is 3.89. The van der Waals surface area contributed by atoms with Crippen LogP contribution in [0.5, 0.6) is 0 Å². The van der Waals surface area contributed by atoms with Gasteiger partial charge in [0.15, 0.2) is 0 Å². The van der Waals surface area contributed by atoms with Gasteiger partial charge in [0.1, 0.15) is 0 Å². The molecule has 1 saturated heterocycles. The molecular weight excluding hydrogens is 240 g/mol. The van der Waals surface area contributed by atoms with Crippen LogP contribution in [-0.2, 0) is 0 Å². The Morgan fingerprint density at radius 2 is 2.06 bits per heavy atom. The van der Waals surface area contributed by atoms with E-state index in [-0.39, 0.29) is 0 Å². The maximum absolute atomic E-state index is 4.95. The SMILES string of the molecule is CC(C)c1cccc2sc(C3CCNCC3)nc12. The van der Waals surface area contributed by atoms with Gasteiger partial charge in [-0.1, -0.05) is 26.0 Å². The lowest BCUT2D eigenvalue weighted by Gasteiger charge is -2.20. The summed E-state index contributed by atoms with van der Waals surface area (Å²) in [6.07, 6.45) is 2.47. The fraction of sp³-hybridized carbons (Fsp3) is 0.533. The molecule has 0 radical (unpaired) electrons. The zero-order valence-electron chi connectivity index (χ0n) is 11.1. The van der Waals surface area contributed by atoms with Gasteiger partial charge in [-0.25, -0.2) is 4.98 Å². The molecule has 1 aliphatic rings. The van der Waals surface area contributed by atoms with Crippen LogP contribution in [0.3, 0.4) is 0 Å². The fourth-order valence-corrected chi connectivity index (χ4v) is 3.87. The molecule has 0 aliphatic carbocycles. The van der Waals surface area contributed by atoms with Gasteiger partial charge in [0.25, 0.3) is 0 Å². The summed E-state index contributed by atoms with van der Waals surface area (Å²) in [5.41, 5.74) is 2.63. The number of benzene rings is 1. The highest BCUT2D eigenvalue weighted by Gasteiger charge is 2.20. The van der Waals surface area contributed by atoms with Crippen LogP contribution >= 0.6 is 11.3 Å². The third-order valence-electron chi connectivity index (χ3n) is 3.78. The number of aromatic nitrogens is 1. The predicted molar refractivity (Wildman–Crippen MR) is 78.6 cm³/mol. The topological polar surface area (TPSA) is 24.9 Å². The minimum atomic E-state index is 0.552. The first-order valence-electron chi connectivity index (χ1n) is 6.86. The number of para-hydroxylation sites is 1. The highest BCUT2D eigenvalue weighted by atomic mass is 32.1. The standard InChI is InChI=1S/C15H20N2S/c1-10(2)12-4-3-5-13-14(12)17-15(18-13)11-6-8-16-9-7-11/h3-5,10-11,16H,6-9H2,1-2H3. The van der Waals surface area contributed by atoms with Crippen LogP contribution in [0.25, 0.3) is 10.2 Å². The van der Waals surface area contributed by atoms with Gasteiger partial charge in [-0.15, -0.1) is 11.3 Å². The molecule has 0 amide bonds. The molecule has 1 aromatic heterocycles. The van der Waals surface area contributed by atoms with E-state index < -0.39 is 0 Å². The summed E-state index contributed by atoms with van der Waals surface area (Å²) in [6.45, 7) is 6.77. The van der Waals surface area contributed by atoms with Gasteiger partial charge in [0, 0.05) is 5.92 Å². The number of hydrogen-bond donors (Lipinski definition) is 1. The fourth-order valence-electron chi connectivity index (χ4n) is 2.70. The van der Waals surface area contributed by atoms with E-state index in [1.54, 1.807) is 0 Å². The lowest BCUT2D eigenvalue weighted by molar-refractivity contribution is 0.459. The van der Waals surface area contributed by atoms with Crippen LogP contribution in [0.4, 0.5) is 0 Å².